The van der Waals surface area contributed by atoms with Crippen LogP contribution in [0.2, 0.25) is 0 Å². The van der Waals surface area contributed by atoms with Crippen molar-refractivity contribution < 1.29 is 14.3 Å². The van der Waals surface area contributed by atoms with E-state index in [1.54, 1.807) is 0 Å². The highest BCUT2D eigenvalue weighted by Crippen LogP contribution is 2.25. The van der Waals surface area contributed by atoms with Gasteiger partial charge >= 0.3 is 5.97 Å². The monoisotopic (exact) mass is 279 g/mol. The molecule has 6 nitrogen and oxygen atoms in total. The number of rotatable bonds is 5. The van der Waals surface area contributed by atoms with Gasteiger partial charge in [0.25, 0.3) is 5.22 Å². The SMILES string of the molecule is CN(C)c1cccc(-c2nnc(SCC(=O)O)o2)c1. The fraction of sp³-hybridized carbons (Fsp3) is 0.250. The summed E-state index contributed by atoms with van der Waals surface area (Å²) in [5, 5.41) is 16.6. The van der Waals surface area contributed by atoms with E-state index in [0.29, 0.717) is 5.89 Å². The second-order valence-corrected chi connectivity index (χ2v) is 4.93. The second kappa shape index (κ2) is 5.75. The van der Waals surface area contributed by atoms with Crippen LogP contribution in [0.25, 0.3) is 11.5 Å². The fourth-order valence-electron chi connectivity index (χ4n) is 1.43. The molecule has 100 valence electrons. The third kappa shape index (κ3) is 3.47. The van der Waals surface area contributed by atoms with E-state index in [0.717, 1.165) is 23.0 Å². The Morgan fingerprint density at radius 3 is 2.89 bits per heavy atom. The maximum atomic E-state index is 10.5. The summed E-state index contributed by atoms with van der Waals surface area (Å²) in [6.45, 7) is 0. The molecule has 19 heavy (non-hydrogen) atoms. The fourth-order valence-corrected chi connectivity index (χ4v) is 1.91. The number of hydrogen-bond acceptors (Lipinski definition) is 6. The standard InChI is InChI=1S/C12H13N3O3S/c1-15(2)9-5-3-4-8(6-9)11-13-14-12(18-11)19-7-10(16)17/h3-6H,7H2,1-2H3,(H,16,17). The van der Waals surface area contributed by atoms with Crippen LogP contribution in [0.4, 0.5) is 5.69 Å². The van der Waals surface area contributed by atoms with Crippen molar-refractivity contribution in [3.8, 4) is 11.5 Å². The third-order valence-electron chi connectivity index (χ3n) is 2.34. The van der Waals surface area contributed by atoms with Crippen LogP contribution in [0.3, 0.4) is 0 Å². The largest absolute Gasteiger partial charge is 0.481 e. The Balaban J connectivity index is 2.18. The first-order valence-corrected chi connectivity index (χ1v) is 6.50. The van der Waals surface area contributed by atoms with Crippen LogP contribution in [0, 0.1) is 0 Å². The number of anilines is 1. The minimum atomic E-state index is -0.917. The predicted octanol–water partition coefficient (Wildman–Crippen LogP) is 1.98. The average Bonchev–Trinajstić information content (AvgIpc) is 2.85. The summed E-state index contributed by atoms with van der Waals surface area (Å²) in [6, 6.07) is 7.67. The number of carboxylic acids is 1. The number of carbonyl (C=O) groups is 1. The molecule has 0 fully saturated rings. The van der Waals surface area contributed by atoms with Gasteiger partial charge in [-0.05, 0) is 18.2 Å². The molecule has 1 N–H and O–H groups in total. The topological polar surface area (TPSA) is 79.5 Å². The van der Waals surface area contributed by atoms with Gasteiger partial charge in [-0.15, -0.1) is 10.2 Å². The van der Waals surface area contributed by atoms with E-state index in [2.05, 4.69) is 10.2 Å². The summed E-state index contributed by atoms with van der Waals surface area (Å²) in [5.74, 6) is -0.629. The lowest BCUT2D eigenvalue weighted by Crippen LogP contribution is -2.08. The lowest BCUT2D eigenvalue weighted by Gasteiger charge is -2.12. The zero-order chi connectivity index (χ0) is 13.8. The first kappa shape index (κ1) is 13.4. The quantitative estimate of drug-likeness (QED) is 0.838. The minimum absolute atomic E-state index is 0.0978. The van der Waals surface area contributed by atoms with Crippen LogP contribution in [0.5, 0.6) is 0 Å². The molecule has 0 bridgehead atoms. The summed E-state index contributed by atoms with van der Waals surface area (Å²) in [4.78, 5) is 12.4. The second-order valence-electron chi connectivity index (χ2n) is 4.00. The molecule has 1 aromatic carbocycles. The number of benzene rings is 1. The van der Waals surface area contributed by atoms with E-state index >= 15 is 0 Å². The molecule has 0 unspecified atom stereocenters. The molecular weight excluding hydrogens is 266 g/mol. The molecular formula is C12H13N3O3S. The normalized spacial score (nSPS) is 10.4. The minimum Gasteiger partial charge on any atom is -0.481 e. The summed E-state index contributed by atoms with van der Waals surface area (Å²) >= 11 is 1.00. The first-order valence-electron chi connectivity index (χ1n) is 5.52. The predicted molar refractivity (Wildman–Crippen MR) is 72.4 cm³/mol. The molecule has 1 heterocycles. The van der Waals surface area contributed by atoms with E-state index in [4.69, 9.17) is 9.52 Å². The summed E-state index contributed by atoms with van der Waals surface area (Å²) < 4.78 is 5.41. The van der Waals surface area contributed by atoms with Gasteiger partial charge in [0.15, 0.2) is 0 Å². The smallest absolute Gasteiger partial charge is 0.314 e. The average molecular weight is 279 g/mol. The zero-order valence-corrected chi connectivity index (χ0v) is 11.3. The van der Waals surface area contributed by atoms with Crippen molar-refractivity contribution in [3.63, 3.8) is 0 Å². The van der Waals surface area contributed by atoms with Gasteiger partial charge in [0.05, 0.1) is 0 Å². The molecule has 1 aromatic heterocycles. The maximum absolute atomic E-state index is 10.5. The Kier molecular flexibility index (Phi) is 4.06. The van der Waals surface area contributed by atoms with Crippen molar-refractivity contribution in [1.29, 1.82) is 0 Å². The molecule has 7 heteroatoms. The Bertz CT molecular complexity index is 583. The van der Waals surface area contributed by atoms with Crippen molar-refractivity contribution in [2.75, 3.05) is 24.7 Å². The molecule has 0 spiro atoms. The molecule has 0 saturated heterocycles. The van der Waals surface area contributed by atoms with Gasteiger partial charge in [0, 0.05) is 25.3 Å². The van der Waals surface area contributed by atoms with Crippen LogP contribution in [-0.4, -0.2) is 41.1 Å². The van der Waals surface area contributed by atoms with Gasteiger partial charge in [-0.2, -0.15) is 0 Å². The maximum Gasteiger partial charge on any atom is 0.314 e. The van der Waals surface area contributed by atoms with Crippen molar-refractivity contribution >= 4 is 23.4 Å². The molecule has 0 saturated carbocycles. The van der Waals surface area contributed by atoms with Crippen molar-refractivity contribution in [2.45, 2.75) is 5.22 Å². The Labute approximate surface area is 114 Å². The third-order valence-corrected chi connectivity index (χ3v) is 3.14. The van der Waals surface area contributed by atoms with Crippen LogP contribution >= 0.6 is 11.8 Å². The molecule has 2 aromatic rings. The summed E-state index contributed by atoms with van der Waals surface area (Å²) in [7, 11) is 3.89. The van der Waals surface area contributed by atoms with Gasteiger partial charge in [-0.3, -0.25) is 4.79 Å². The highest BCUT2D eigenvalue weighted by molar-refractivity contribution is 7.99. The highest BCUT2D eigenvalue weighted by Gasteiger charge is 2.11. The van der Waals surface area contributed by atoms with Gasteiger partial charge in [0.2, 0.25) is 5.89 Å². The van der Waals surface area contributed by atoms with Gasteiger partial charge in [-0.1, -0.05) is 17.8 Å². The zero-order valence-electron chi connectivity index (χ0n) is 10.5. The highest BCUT2D eigenvalue weighted by atomic mass is 32.2. The van der Waals surface area contributed by atoms with E-state index in [9.17, 15) is 4.79 Å². The molecule has 0 atom stereocenters. The van der Waals surface area contributed by atoms with Gasteiger partial charge in [-0.25, -0.2) is 0 Å². The van der Waals surface area contributed by atoms with Crippen LogP contribution in [-0.2, 0) is 4.79 Å². The lowest BCUT2D eigenvalue weighted by atomic mass is 10.2. The molecule has 0 aliphatic carbocycles. The van der Waals surface area contributed by atoms with Crippen LogP contribution in [0.1, 0.15) is 0 Å². The Morgan fingerprint density at radius 1 is 1.42 bits per heavy atom. The number of aromatic nitrogens is 2. The summed E-state index contributed by atoms with van der Waals surface area (Å²) in [5.41, 5.74) is 1.83. The van der Waals surface area contributed by atoms with Gasteiger partial charge in [0.1, 0.15) is 5.75 Å². The molecule has 0 radical (unpaired) electrons. The van der Waals surface area contributed by atoms with Crippen molar-refractivity contribution in [2.24, 2.45) is 0 Å². The van der Waals surface area contributed by atoms with E-state index in [-0.39, 0.29) is 11.0 Å². The molecule has 2 rings (SSSR count). The number of carboxylic acid groups (broad SMARTS) is 1. The van der Waals surface area contributed by atoms with Gasteiger partial charge < -0.3 is 14.4 Å². The molecule has 0 aliphatic heterocycles. The summed E-state index contributed by atoms with van der Waals surface area (Å²) in [6.07, 6.45) is 0. The first-order chi connectivity index (χ1) is 9.06. The van der Waals surface area contributed by atoms with Crippen molar-refractivity contribution in [3.05, 3.63) is 24.3 Å². The number of nitrogens with zero attached hydrogens (tertiary/aromatic N) is 3. The van der Waals surface area contributed by atoms with Crippen LogP contribution < -0.4 is 4.90 Å². The molecule has 0 amide bonds. The van der Waals surface area contributed by atoms with Crippen molar-refractivity contribution in [1.82, 2.24) is 10.2 Å². The van der Waals surface area contributed by atoms with Crippen LogP contribution in [0.15, 0.2) is 33.9 Å². The van der Waals surface area contributed by atoms with E-state index in [1.165, 1.54) is 0 Å². The van der Waals surface area contributed by atoms with E-state index in [1.807, 2.05) is 43.3 Å². The lowest BCUT2D eigenvalue weighted by molar-refractivity contribution is -0.133. The number of hydrogen-bond donors (Lipinski definition) is 1. The van der Waals surface area contributed by atoms with E-state index < -0.39 is 5.97 Å². The molecule has 0 aliphatic rings. The Morgan fingerprint density at radius 2 is 2.21 bits per heavy atom. The number of aliphatic carboxylic acids is 1. The Hall–Kier alpha value is -2.02. The number of thioether (sulfide) groups is 1.